The Morgan fingerprint density at radius 1 is 1.52 bits per heavy atom. The van der Waals surface area contributed by atoms with Crippen LogP contribution < -0.4 is 10.1 Å². The van der Waals surface area contributed by atoms with Gasteiger partial charge in [-0.1, -0.05) is 0 Å². The molecule has 0 fully saturated rings. The minimum absolute atomic E-state index is 0.209. The maximum Gasteiger partial charge on any atom is 0.343 e. The maximum atomic E-state index is 14.3. The predicted octanol–water partition coefficient (Wildman–Crippen LogP) is 3.83. The fourth-order valence-corrected chi connectivity index (χ4v) is 3.80. The van der Waals surface area contributed by atoms with Crippen molar-refractivity contribution >= 4 is 17.4 Å². The number of carbonyl (C=O) groups is 1. The minimum Gasteiger partial charge on any atom is -0.485 e. The summed E-state index contributed by atoms with van der Waals surface area (Å²) in [6.07, 6.45) is 3.77. The molecule has 8 nitrogen and oxygen atoms in total. The zero-order valence-corrected chi connectivity index (χ0v) is 17.5. The Hall–Kier alpha value is -3.67. The van der Waals surface area contributed by atoms with E-state index in [-0.39, 0.29) is 30.5 Å². The number of rotatable bonds is 6. The number of nitriles is 1. The van der Waals surface area contributed by atoms with Gasteiger partial charge in [0, 0.05) is 23.7 Å². The lowest BCUT2D eigenvalue weighted by atomic mass is 9.95. The Morgan fingerprint density at radius 3 is 3.06 bits per heavy atom. The molecule has 0 saturated heterocycles. The second-order valence-corrected chi connectivity index (χ2v) is 7.77. The van der Waals surface area contributed by atoms with Crippen molar-refractivity contribution in [1.82, 2.24) is 14.6 Å². The third-order valence-corrected chi connectivity index (χ3v) is 5.22. The first-order valence-corrected chi connectivity index (χ1v) is 10.00. The first-order chi connectivity index (χ1) is 14.8. The summed E-state index contributed by atoms with van der Waals surface area (Å²) < 4.78 is 26.9. The molecule has 31 heavy (non-hydrogen) atoms. The van der Waals surface area contributed by atoms with Crippen LogP contribution >= 0.6 is 0 Å². The number of halogens is 1. The fraction of sp³-hybridized carbons (Fsp3) is 0.364. The Labute approximate surface area is 178 Å². The predicted molar refractivity (Wildman–Crippen MR) is 110 cm³/mol. The number of nitrogens with zero attached hydrogens (tertiary/aromatic N) is 4. The molecule has 3 heterocycles. The molecule has 9 heteroatoms. The Kier molecular flexibility index (Phi) is 5.23. The van der Waals surface area contributed by atoms with E-state index in [1.807, 2.05) is 13.8 Å². The molecule has 160 valence electrons. The molecule has 2 aromatic heterocycles. The SMILES string of the molecule is CCOC(=O)c1cnn2ccc(N[C@H](C)c3cc(F)cc4c3O[C@](C)(CC#N)C4)nc12. The monoisotopic (exact) mass is 423 g/mol. The van der Waals surface area contributed by atoms with E-state index in [1.165, 1.54) is 22.8 Å². The summed E-state index contributed by atoms with van der Waals surface area (Å²) in [6.45, 7) is 5.70. The summed E-state index contributed by atoms with van der Waals surface area (Å²) in [7, 11) is 0. The van der Waals surface area contributed by atoms with Gasteiger partial charge in [0.05, 0.1) is 31.3 Å². The molecule has 0 spiro atoms. The van der Waals surface area contributed by atoms with Gasteiger partial charge in [-0.2, -0.15) is 10.4 Å². The lowest BCUT2D eigenvalue weighted by molar-refractivity contribution is 0.0528. The van der Waals surface area contributed by atoms with Crippen LogP contribution in [0.3, 0.4) is 0 Å². The normalized spacial score (nSPS) is 18.2. The third kappa shape index (κ3) is 3.89. The molecule has 0 aliphatic carbocycles. The fourth-order valence-electron chi connectivity index (χ4n) is 3.80. The lowest BCUT2D eigenvalue weighted by Crippen LogP contribution is -2.29. The molecule has 0 bridgehead atoms. The van der Waals surface area contributed by atoms with E-state index in [1.54, 1.807) is 19.2 Å². The number of nitrogens with one attached hydrogen (secondary N) is 1. The van der Waals surface area contributed by atoms with Crippen molar-refractivity contribution in [3.63, 3.8) is 0 Å². The molecule has 1 N–H and O–H groups in total. The number of esters is 1. The molecule has 0 radical (unpaired) electrons. The largest absolute Gasteiger partial charge is 0.485 e. The summed E-state index contributed by atoms with van der Waals surface area (Å²) in [5.41, 5.74) is 1.32. The van der Waals surface area contributed by atoms with Crippen molar-refractivity contribution in [2.24, 2.45) is 0 Å². The smallest absolute Gasteiger partial charge is 0.343 e. The van der Waals surface area contributed by atoms with Gasteiger partial charge in [-0.15, -0.1) is 0 Å². The van der Waals surface area contributed by atoms with Crippen LogP contribution in [0.5, 0.6) is 5.75 Å². The molecule has 1 aromatic carbocycles. The maximum absolute atomic E-state index is 14.3. The average molecular weight is 423 g/mol. The van der Waals surface area contributed by atoms with Crippen molar-refractivity contribution < 1.29 is 18.7 Å². The van der Waals surface area contributed by atoms with Crippen molar-refractivity contribution in [3.8, 4) is 11.8 Å². The van der Waals surface area contributed by atoms with Gasteiger partial charge in [-0.25, -0.2) is 18.7 Å². The van der Waals surface area contributed by atoms with E-state index < -0.39 is 11.6 Å². The molecule has 0 saturated carbocycles. The van der Waals surface area contributed by atoms with Gasteiger partial charge < -0.3 is 14.8 Å². The number of carbonyl (C=O) groups excluding carboxylic acids is 1. The van der Waals surface area contributed by atoms with Gasteiger partial charge in [-0.3, -0.25) is 0 Å². The number of benzene rings is 1. The highest BCUT2D eigenvalue weighted by atomic mass is 19.1. The summed E-state index contributed by atoms with van der Waals surface area (Å²) in [4.78, 5) is 16.6. The van der Waals surface area contributed by atoms with Crippen LogP contribution in [0.2, 0.25) is 0 Å². The van der Waals surface area contributed by atoms with E-state index in [4.69, 9.17) is 14.7 Å². The summed E-state index contributed by atoms with van der Waals surface area (Å²) in [5.74, 6) is 0.220. The molecule has 0 unspecified atom stereocenters. The second kappa shape index (κ2) is 7.87. The molecule has 1 aliphatic rings. The van der Waals surface area contributed by atoms with Crippen LogP contribution in [-0.4, -0.2) is 32.8 Å². The van der Waals surface area contributed by atoms with Crippen molar-refractivity contribution in [2.75, 3.05) is 11.9 Å². The quantitative estimate of drug-likeness (QED) is 0.601. The number of ether oxygens (including phenoxy) is 2. The van der Waals surface area contributed by atoms with E-state index in [0.29, 0.717) is 29.2 Å². The Morgan fingerprint density at radius 2 is 2.32 bits per heavy atom. The van der Waals surface area contributed by atoms with Crippen LogP contribution in [0.1, 0.15) is 54.7 Å². The number of fused-ring (bicyclic) bond motifs is 2. The van der Waals surface area contributed by atoms with Gasteiger partial charge in [0.1, 0.15) is 28.5 Å². The Bertz CT molecular complexity index is 1200. The van der Waals surface area contributed by atoms with Crippen LogP contribution in [0.4, 0.5) is 10.2 Å². The van der Waals surface area contributed by atoms with Crippen LogP contribution in [0.15, 0.2) is 30.6 Å². The molecule has 4 rings (SSSR count). The first-order valence-electron chi connectivity index (χ1n) is 10.00. The zero-order chi connectivity index (χ0) is 22.2. The topological polar surface area (TPSA) is 102 Å². The summed E-state index contributed by atoms with van der Waals surface area (Å²) in [5, 5.41) is 16.5. The van der Waals surface area contributed by atoms with Gasteiger partial charge >= 0.3 is 5.97 Å². The van der Waals surface area contributed by atoms with E-state index >= 15 is 0 Å². The highest BCUT2D eigenvalue weighted by molar-refractivity contribution is 5.95. The third-order valence-electron chi connectivity index (χ3n) is 5.22. The Balaban J connectivity index is 1.63. The van der Waals surface area contributed by atoms with E-state index in [2.05, 4.69) is 21.5 Å². The molecule has 2 atom stereocenters. The first kappa shape index (κ1) is 20.6. The van der Waals surface area contributed by atoms with Gasteiger partial charge in [0.2, 0.25) is 0 Å². The minimum atomic E-state index is -0.678. The highest BCUT2D eigenvalue weighted by Crippen LogP contribution is 2.42. The van der Waals surface area contributed by atoms with E-state index in [0.717, 1.165) is 5.56 Å². The van der Waals surface area contributed by atoms with Crippen LogP contribution in [-0.2, 0) is 11.2 Å². The van der Waals surface area contributed by atoms with Gasteiger partial charge in [0.15, 0.2) is 5.65 Å². The van der Waals surface area contributed by atoms with Gasteiger partial charge in [0.25, 0.3) is 0 Å². The summed E-state index contributed by atoms with van der Waals surface area (Å²) >= 11 is 0. The van der Waals surface area contributed by atoms with Crippen LogP contribution in [0, 0.1) is 17.1 Å². The molecule has 1 aliphatic heterocycles. The second-order valence-electron chi connectivity index (χ2n) is 7.77. The van der Waals surface area contributed by atoms with Gasteiger partial charge in [-0.05, 0) is 39.0 Å². The standard InChI is InChI=1S/C22H22FN5O3/c1-4-30-21(29)17-12-25-28-8-5-18(27-20(17)28)26-13(2)16-10-15(23)9-14-11-22(3,6-7-24)31-19(14)16/h5,8-10,12-13H,4,6,11H2,1-3H3,(H,26,27)/t13-,22-/m1/s1. The molecular weight excluding hydrogens is 401 g/mol. The van der Waals surface area contributed by atoms with Crippen molar-refractivity contribution in [2.45, 2.75) is 45.3 Å². The average Bonchev–Trinajstić information content (AvgIpc) is 3.27. The molecule has 0 amide bonds. The molecular formula is C22H22FN5O3. The molecule has 3 aromatic rings. The van der Waals surface area contributed by atoms with Crippen molar-refractivity contribution in [1.29, 1.82) is 5.26 Å². The van der Waals surface area contributed by atoms with E-state index in [9.17, 15) is 9.18 Å². The van der Waals surface area contributed by atoms with Crippen molar-refractivity contribution in [3.05, 3.63) is 53.1 Å². The number of hydrogen-bond acceptors (Lipinski definition) is 7. The zero-order valence-electron chi connectivity index (χ0n) is 17.5. The van der Waals surface area contributed by atoms with Crippen LogP contribution in [0.25, 0.3) is 5.65 Å². The highest BCUT2D eigenvalue weighted by Gasteiger charge is 2.37. The summed E-state index contributed by atoms with van der Waals surface area (Å²) in [6, 6.07) is 6.38. The lowest BCUT2D eigenvalue weighted by Gasteiger charge is -2.23. The number of anilines is 1. The number of aromatic nitrogens is 3. The number of hydrogen-bond donors (Lipinski definition) is 1.